The normalized spacial score (nSPS) is 17.1. The molecule has 1 fully saturated rings. The predicted molar refractivity (Wildman–Crippen MR) is 84.2 cm³/mol. The van der Waals surface area contributed by atoms with Crippen LogP contribution in [0.2, 0.25) is 0 Å². The molecule has 0 aliphatic carbocycles. The Kier molecular flexibility index (Phi) is 6.46. The lowest BCUT2D eigenvalue weighted by Crippen LogP contribution is -2.42. The van der Waals surface area contributed by atoms with Crippen LogP contribution in [0.4, 0.5) is 4.39 Å². The van der Waals surface area contributed by atoms with Crippen LogP contribution in [0, 0.1) is 5.82 Å². The molecule has 1 N–H and O–H groups in total. The topological polar surface area (TPSA) is 24.5 Å². The second-order valence-corrected chi connectivity index (χ2v) is 5.82. The Labute approximate surface area is 127 Å². The van der Waals surface area contributed by atoms with Crippen molar-refractivity contribution in [3.8, 4) is 5.75 Å². The fraction of sp³-hybridized carbons (Fsp3) is 0.647. The fourth-order valence-corrected chi connectivity index (χ4v) is 2.82. The number of nitrogens with zero attached hydrogens (tertiary/aromatic N) is 1. The molecule has 1 aromatic rings. The molecular formula is C17H27FN2O. The third-order valence-corrected chi connectivity index (χ3v) is 4.23. The molecule has 2 rings (SSSR count). The van der Waals surface area contributed by atoms with E-state index in [1.165, 1.54) is 52.4 Å². The SMILES string of the molecule is CCCCN1CCC(NCc2ccc(OC)c(F)c2)CC1. The minimum atomic E-state index is -0.286. The van der Waals surface area contributed by atoms with Gasteiger partial charge in [0.15, 0.2) is 11.6 Å². The number of likely N-dealkylation sites (tertiary alicyclic amines) is 1. The van der Waals surface area contributed by atoms with Gasteiger partial charge in [-0.3, -0.25) is 0 Å². The Morgan fingerprint density at radius 3 is 2.71 bits per heavy atom. The van der Waals surface area contributed by atoms with Crippen molar-refractivity contribution in [2.45, 2.75) is 45.2 Å². The summed E-state index contributed by atoms with van der Waals surface area (Å²) in [6.45, 7) is 6.54. The molecule has 0 amide bonds. The maximum atomic E-state index is 13.6. The Balaban J connectivity index is 1.73. The first kappa shape index (κ1) is 16.2. The van der Waals surface area contributed by atoms with Crippen LogP contribution in [-0.2, 0) is 6.54 Å². The van der Waals surface area contributed by atoms with Crippen LogP contribution < -0.4 is 10.1 Å². The van der Waals surface area contributed by atoms with Crippen molar-refractivity contribution in [2.24, 2.45) is 0 Å². The van der Waals surface area contributed by atoms with Crippen molar-refractivity contribution < 1.29 is 9.13 Å². The predicted octanol–water partition coefficient (Wildman–Crippen LogP) is 3.19. The average molecular weight is 294 g/mol. The molecule has 3 nitrogen and oxygen atoms in total. The maximum absolute atomic E-state index is 13.6. The van der Waals surface area contributed by atoms with E-state index in [9.17, 15) is 4.39 Å². The standard InChI is InChI=1S/C17H27FN2O/c1-3-4-9-20-10-7-15(8-11-20)19-13-14-5-6-17(21-2)16(18)12-14/h5-6,12,15,19H,3-4,7-11,13H2,1-2H3. The lowest BCUT2D eigenvalue weighted by molar-refractivity contribution is 0.195. The van der Waals surface area contributed by atoms with Gasteiger partial charge in [-0.25, -0.2) is 4.39 Å². The highest BCUT2D eigenvalue weighted by molar-refractivity contribution is 5.29. The molecule has 0 radical (unpaired) electrons. The number of piperidine rings is 1. The van der Waals surface area contributed by atoms with Crippen LogP contribution in [0.1, 0.15) is 38.2 Å². The molecule has 0 aromatic heterocycles. The molecule has 1 saturated heterocycles. The summed E-state index contributed by atoms with van der Waals surface area (Å²) < 4.78 is 18.6. The summed E-state index contributed by atoms with van der Waals surface area (Å²) in [5.41, 5.74) is 0.974. The molecule has 1 heterocycles. The van der Waals surface area contributed by atoms with Crippen molar-refractivity contribution in [3.05, 3.63) is 29.6 Å². The number of benzene rings is 1. The number of hydrogen-bond donors (Lipinski definition) is 1. The van der Waals surface area contributed by atoms with Crippen molar-refractivity contribution in [1.29, 1.82) is 0 Å². The number of nitrogens with one attached hydrogen (secondary N) is 1. The van der Waals surface area contributed by atoms with Crippen LogP contribution in [0.25, 0.3) is 0 Å². The number of ether oxygens (including phenoxy) is 1. The Morgan fingerprint density at radius 2 is 2.10 bits per heavy atom. The zero-order valence-electron chi connectivity index (χ0n) is 13.2. The van der Waals surface area contributed by atoms with Crippen LogP contribution in [0.3, 0.4) is 0 Å². The van der Waals surface area contributed by atoms with Crippen molar-refractivity contribution >= 4 is 0 Å². The smallest absolute Gasteiger partial charge is 0.165 e. The first-order chi connectivity index (χ1) is 10.2. The Morgan fingerprint density at radius 1 is 1.33 bits per heavy atom. The highest BCUT2D eigenvalue weighted by Gasteiger charge is 2.18. The monoisotopic (exact) mass is 294 g/mol. The van der Waals surface area contributed by atoms with E-state index in [1.54, 1.807) is 12.1 Å². The largest absolute Gasteiger partial charge is 0.494 e. The summed E-state index contributed by atoms with van der Waals surface area (Å²) in [5, 5.41) is 3.55. The summed E-state index contributed by atoms with van der Waals surface area (Å²) >= 11 is 0. The Hall–Kier alpha value is -1.13. The summed E-state index contributed by atoms with van der Waals surface area (Å²) in [5.74, 6) is 0.0224. The first-order valence-corrected chi connectivity index (χ1v) is 8.01. The van der Waals surface area contributed by atoms with E-state index in [-0.39, 0.29) is 5.82 Å². The van der Waals surface area contributed by atoms with Crippen molar-refractivity contribution in [2.75, 3.05) is 26.7 Å². The molecule has 0 bridgehead atoms. The van der Waals surface area contributed by atoms with E-state index in [0.29, 0.717) is 11.8 Å². The van der Waals surface area contributed by atoms with E-state index in [2.05, 4.69) is 17.1 Å². The summed E-state index contributed by atoms with van der Waals surface area (Å²) in [4.78, 5) is 2.55. The molecule has 0 atom stereocenters. The molecular weight excluding hydrogens is 267 g/mol. The zero-order valence-corrected chi connectivity index (χ0v) is 13.2. The summed E-state index contributed by atoms with van der Waals surface area (Å²) in [6, 6.07) is 5.72. The van der Waals surface area contributed by atoms with Gasteiger partial charge >= 0.3 is 0 Å². The fourth-order valence-electron chi connectivity index (χ4n) is 2.82. The van der Waals surface area contributed by atoms with Crippen LogP contribution in [-0.4, -0.2) is 37.7 Å². The van der Waals surface area contributed by atoms with E-state index < -0.39 is 0 Å². The minimum Gasteiger partial charge on any atom is -0.494 e. The van der Waals surface area contributed by atoms with Gasteiger partial charge in [0.05, 0.1) is 7.11 Å². The highest BCUT2D eigenvalue weighted by atomic mass is 19.1. The van der Waals surface area contributed by atoms with E-state index in [0.717, 1.165) is 12.1 Å². The molecule has 1 aliphatic rings. The summed E-state index contributed by atoms with van der Waals surface area (Å²) in [6.07, 6.45) is 4.93. The number of methoxy groups -OCH3 is 1. The summed E-state index contributed by atoms with van der Waals surface area (Å²) in [7, 11) is 1.49. The molecule has 0 unspecified atom stereocenters. The van der Waals surface area contributed by atoms with E-state index in [1.807, 2.05) is 6.07 Å². The van der Waals surface area contributed by atoms with Crippen LogP contribution in [0.15, 0.2) is 18.2 Å². The second-order valence-electron chi connectivity index (χ2n) is 5.82. The van der Waals surface area contributed by atoms with Gasteiger partial charge in [0.2, 0.25) is 0 Å². The molecule has 4 heteroatoms. The van der Waals surface area contributed by atoms with Gasteiger partial charge in [0.1, 0.15) is 0 Å². The minimum absolute atomic E-state index is 0.286. The number of hydrogen-bond acceptors (Lipinski definition) is 3. The molecule has 0 saturated carbocycles. The maximum Gasteiger partial charge on any atom is 0.165 e. The second kappa shape index (κ2) is 8.35. The number of rotatable bonds is 7. The van der Waals surface area contributed by atoms with Crippen molar-refractivity contribution in [1.82, 2.24) is 10.2 Å². The molecule has 1 aromatic carbocycles. The zero-order chi connectivity index (χ0) is 15.1. The van der Waals surface area contributed by atoms with Gasteiger partial charge in [-0.15, -0.1) is 0 Å². The number of unbranched alkanes of at least 4 members (excludes halogenated alkanes) is 1. The van der Waals surface area contributed by atoms with Crippen molar-refractivity contribution in [3.63, 3.8) is 0 Å². The number of halogens is 1. The third-order valence-electron chi connectivity index (χ3n) is 4.23. The third kappa shape index (κ3) is 4.97. The van der Waals surface area contributed by atoms with Gasteiger partial charge < -0.3 is 15.0 Å². The van der Waals surface area contributed by atoms with Gasteiger partial charge in [0, 0.05) is 12.6 Å². The van der Waals surface area contributed by atoms with Gasteiger partial charge in [-0.2, -0.15) is 0 Å². The average Bonchev–Trinajstić information content (AvgIpc) is 2.52. The van der Waals surface area contributed by atoms with E-state index >= 15 is 0 Å². The molecule has 21 heavy (non-hydrogen) atoms. The van der Waals surface area contributed by atoms with Crippen LogP contribution >= 0.6 is 0 Å². The first-order valence-electron chi connectivity index (χ1n) is 8.01. The highest BCUT2D eigenvalue weighted by Crippen LogP contribution is 2.18. The lowest BCUT2D eigenvalue weighted by Gasteiger charge is -2.32. The van der Waals surface area contributed by atoms with Gasteiger partial charge in [0.25, 0.3) is 0 Å². The van der Waals surface area contributed by atoms with Gasteiger partial charge in [-0.05, 0) is 56.6 Å². The molecule has 0 spiro atoms. The van der Waals surface area contributed by atoms with Gasteiger partial charge in [-0.1, -0.05) is 19.4 Å². The quantitative estimate of drug-likeness (QED) is 0.836. The Bertz CT molecular complexity index is 431. The molecule has 1 aliphatic heterocycles. The lowest BCUT2D eigenvalue weighted by atomic mass is 10.0. The molecule has 118 valence electrons. The van der Waals surface area contributed by atoms with Crippen LogP contribution in [0.5, 0.6) is 5.75 Å². The van der Waals surface area contributed by atoms with E-state index in [4.69, 9.17) is 4.74 Å².